The van der Waals surface area contributed by atoms with Gasteiger partial charge in [-0.25, -0.2) is 0 Å². The van der Waals surface area contributed by atoms with Crippen molar-refractivity contribution in [3.8, 4) is 0 Å². The van der Waals surface area contributed by atoms with Crippen LogP contribution in [0, 0.1) is 4.77 Å². The first-order valence-electron chi connectivity index (χ1n) is 6.82. The van der Waals surface area contributed by atoms with Gasteiger partial charge in [0.1, 0.15) is 5.52 Å². The number of fused-ring (bicyclic) bond motifs is 1. The van der Waals surface area contributed by atoms with Crippen LogP contribution >= 0.6 is 12.2 Å². The zero-order valence-corrected chi connectivity index (χ0v) is 12.7. The highest BCUT2D eigenvalue weighted by atomic mass is 32.1. The van der Waals surface area contributed by atoms with E-state index >= 15 is 0 Å². The minimum Gasteiger partial charge on any atom is -0.385 e. The molecule has 6 heteroatoms. The van der Waals surface area contributed by atoms with Gasteiger partial charge in [0, 0.05) is 27.3 Å². The number of imidazole rings is 1. The van der Waals surface area contributed by atoms with E-state index in [9.17, 15) is 0 Å². The first kappa shape index (κ1) is 14.3. The van der Waals surface area contributed by atoms with Gasteiger partial charge in [0.25, 0.3) is 0 Å². The highest BCUT2D eigenvalue weighted by Crippen LogP contribution is 2.18. The number of unbranched alkanes of at least 4 members (excludes halogenated alkanes) is 2. The lowest BCUT2D eigenvalue weighted by Crippen LogP contribution is -2.03. The van der Waals surface area contributed by atoms with E-state index in [2.05, 4.69) is 21.6 Å². The summed E-state index contributed by atoms with van der Waals surface area (Å²) in [5.41, 5.74) is 3.28. The summed E-state index contributed by atoms with van der Waals surface area (Å²) in [6, 6.07) is 0. The van der Waals surface area contributed by atoms with Gasteiger partial charge < -0.3 is 14.3 Å². The van der Waals surface area contributed by atoms with Gasteiger partial charge in [-0.2, -0.15) is 5.10 Å². The lowest BCUT2D eigenvalue weighted by atomic mass is 10.2. The van der Waals surface area contributed by atoms with E-state index in [0.29, 0.717) is 0 Å². The minimum absolute atomic E-state index is 0.796. The fourth-order valence-corrected chi connectivity index (χ4v) is 2.71. The molecule has 0 saturated heterocycles. The van der Waals surface area contributed by atoms with Crippen LogP contribution in [0.4, 0.5) is 0 Å². The third-order valence-corrected chi connectivity index (χ3v) is 3.71. The lowest BCUT2D eigenvalue weighted by molar-refractivity contribution is 0.191. The van der Waals surface area contributed by atoms with Crippen molar-refractivity contribution in [1.29, 1.82) is 0 Å². The number of nitrogens with zero attached hydrogens (tertiary/aromatic N) is 3. The number of hydrogen-bond acceptors (Lipinski definition) is 3. The van der Waals surface area contributed by atoms with Gasteiger partial charge in [-0.15, -0.1) is 0 Å². The standard InChI is InChI=1S/C13H22N4OS/c1-4-10-11-12(16(2)15-10)17(13(19)14-11)8-6-5-7-9-18-3/h4-9H2,1-3H3,(H,14,19). The number of aryl methyl sites for hydroxylation is 3. The van der Waals surface area contributed by atoms with E-state index in [-0.39, 0.29) is 0 Å². The highest BCUT2D eigenvalue weighted by Gasteiger charge is 2.13. The van der Waals surface area contributed by atoms with E-state index in [1.807, 2.05) is 11.7 Å². The van der Waals surface area contributed by atoms with Crippen LogP contribution in [0.2, 0.25) is 0 Å². The number of nitrogens with one attached hydrogen (secondary N) is 1. The van der Waals surface area contributed by atoms with Crippen LogP contribution in [0.25, 0.3) is 11.2 Å². The zero-order chi connectivity index (χ0) is 13.8. The van der Waals surface area contributed by atoms with E-state index in [4.69, 9.17) is 17.0 Å². The van der Waals surface area contributed by atoms with Crippen LogP contribution in [0.15, 0.2) is 0 Å². The van der Waals surface area contributed by atoms with Gasteiger partial charge in [-0.3, -0.25) is 4.68 Å². The maximum absolute atomic E-state index is 5.42. The molecule has 2 aromatic rings. The normalized spacial score (nSPS) is 11.5. The topological polar surface area (TPSA) is 47.8 Å². The van der Waals surface area contributed by atoms with Crippen LogP contribution in [-0.2, 0) is 24.8 Å². The van der Waals surface area contributed by atoms with Gasteiger partial charge in [0.2, 0.25) is 0 Å². The predicted octanol–water partition coefficient (Wildman–Crippen LogP) is 2.81. The van der Waals surface area contributed by atoms with Gasteiger partial charge in [-0.05, 0) is 37.9 Å². The number of hydrogen-bond donors (Lipinski definition) is 1. The lowest BCUT2D eigenvalue weighted by Gasteiger charge is -2.04. The van der Waals surface area contributed by atoms with Gasteiger partial charge in [0.15, 0.2) is 10.4 Å². The second-order valence-electron chi connectivity index (χ2n) is 4.76. The summed E-state index contributed by atoms with van der Waals surface area (Å²) >= 11 is 5.42. The molecular weight excluding hydrogens is 260 g/mol. The van der Waals surface area contributed by atoms with E-state index in [1.165, 1.54) is 0 Å². The van der Waals surface area contributed by atoms with Crippen molar-refractivity contribution in [1.82, 2.24) is 19.3 Å². The van der Waals surface area contributed by atoms with Crippen molar-refractivity contribution in [2.24, 2.45) is 7.05 Å². The molecule has 5 nitrogen and oxygen atoms in total. The maximum Gasteiger partial charge on any atom is 0.179 e. The highest BCUT2D eigenvalue weighted by molar-refractivity contribution is 7.71. The Kier molecular flexibility index (Phi) is 4.76. The van der Waals surface area contributed by atoms with E-state index < -0.39 is 0 Å². The summed E-state index contributed by atoms with van der Waals surface area (Å²) in [5.74, 6) is 0. The van der Waals surface area contributed by atoms with Crippen LogP contribution < -0.4 is 0 Å². The molecule has 1 N–H and O–H groups in total. The van der Waals surface area contributed by atoms with Gasteiger partial charge in [-0.1, -0.05) is 6.92 Å². The maximum atomic E-state index is 5.42. The number of H-pyrrole nitrogens is 1. The summed E-state index contributed by atoms with van der Waals surface area (Å²) in [7, 11) is 3.72. The Morgan fingerprint density at radius 3 is 2.79 bits per heavy atom. The number of aromatic amines is 1. The number of rotatable bonds is 7. The Labute approximate surface area is 118 Å². The molecule has 0 spiro atoms. The van der Waals surface area contributed by atoms with Crippen molar-refractivity contribution in [3.63, 3.8) is 0 Å². The van der Waals surface area contributed by atoms with Crippen LogP contribution in [0.1, 0.15) is 31.9 Å². The van der Waals surface area contributed by atoms with Crippen LogP contribution in [0.5, 0.6) is 0 Å². The Morgan fingerprint density at radius 2 is 2.11 bits per heavy atom. The molecule has 0 atom stereocenters. The predicted molar refractivity (Wildman–Crippen MR) is 79.0 cm³/mol. The number of methoxy groups -OCH3 is 1. The molecule has 0 saturated carbocycles. The van der Waals surface area contributed by atoms with E-state index in [0.717, 1.165) is 60.5 Å². The Morgan fingerprint density at radius 1 is 1.32 bits per heavy atom. The molecular formula is C13H22N4OS. The molecule has 0 bridgehead atoms. The van der Waals surface area contributed by atoms with Crippen LogP contribution in [0.3, 0.4) is 0 Å². The molecule has 2 aromatic heterocycles. The second kappa shape index (κ2) is 6.34. The molecule has 106 valence electrons. The number of aromatic nitrogens is 4. The summed E-state index contributed by atoms with van der Waals surface area (Å²) in [6.07, 6.45) is 4.28. The Balaban J connectivity index is 2.16. The van der Waals surface area contributed by atoms with Crippen molar-refractivity contribution in [2.75, 3.05) is 13.7 Å². The molecule has 0 aliphatic carbocycles. The summed E-state index contributed by atoms with van der Waals surface area (Å²) in [5, 5.41) is 4.53. The molecule has 0 radical (unpaired) electrons. The Bertz CT molecular complexity index is 596. The molecule has 0 unspecified atom stereocenters. The summed E-state index contributed by atoms with van der Waals surface area (Å²) in [6.45, 7) is 3.88. The zero-order valence-electron chi connectivity index (χ0n) is 11.9. The van der Waals surface area contributed by atoms with Gasteiger partial charge >= 0.3 is 0 Å². The molecule has 0 aliphatic rings. The van der Waals surface area contributed by atoms with Gasteiger partial charge in [0.05, 0.1) is 5.69 Å². The number of ether oxygens (including phenoxy) is 1. The third-order valence-electron chi connectivity index (χ3n) is 3.39. The second-order valence-corrected chi connectivity index (χ2v) is 5.14. The smallest absolute Gasteiger partial charge is 0.179 e. The minimum atomic E-state index is 0.796. The summed E-state index contributed by atoms with van der Waals surface area (Å²) in [4.78, 5) is 3.29. The molecule has 0 aliphatic heterocycles. The first-order chi connectivity index (χ1) is 9.19. The first-order valence-corrected chi connectivity index (χ1v) is 7.23. The largest absolute Gasteiger partial charge is 0.385 e. The van der Waals surface area contributed by atoms with Crippen molar-refractivity contribution >= 4 is 23.4 Å². The van der Waals surface area contributed by atoms with Crippen LogP contribution in [-0.4, -0.2) is 33.0 Å². The van der Waals surface area contributed by atoms with Crippen molar-refractivity contribution < 1.29 is 4.74 Å². The monoisotopic (exact) mass is 282 g/mol. The molecule has 2 heterocycles. The fraction of sp³-hybridized carbons (Fsp3) is 0.692. The third kappa shape index (κ3) is 2.90. The molecule has 2 rings (SSSR count). The average molecular weight is 282 g/mol. The molecule has 0 amide bonds. The fourth-order valence-electron chi connectivity index (χ4n) is 2.43. The summed E-state index contributed by atoms with van der Waals surface area (Å²) < 4.78 is 9.94. The molecule has 19 heavy (non-hydrogen) atoms. The average Bonchev–Trinajstić information content (AvgIpc) is 2.87. The van der Waals surface area contributed by atoms with Crippen molar-refractivity contribution in [2.45, 2.75) is 39.2 Å². The molecule has 0 aromatic carbocycles. The Hall–Kier alpha value is -1.14. The quantitative estimate of drug-likeness (QED) is 0.627. The molecule has 0 fully saturated rings. The SMILES string of the molecule is CCc1nn(C)c2c1[nH]c(=S)n2CCCCCOC. The van der Waals surface area contributed by atoms with Crippen molar-refractivity contribution in [3.05, 3.63) is 10.5 Å². The van der Waals surface area contributed by atoms with E-state index in [1.54, 1.807) is 7.11 Å².